The van der Waals surface area contributed by atoms with E-state index in [4.69, 9.17) is 10.5 Å². The summed E-state index contributed by atoms with van der Waals surface area (Å²) >= 11 is 0. The lowest BCUT2D eigenvalue weighted by atomic mass is 9.47. The lowest BCUT2D eigenvalue weighted by molar-refractivity contribution is -0.157. The lowest BCUT2D eigenvalue weighted by Crippen LogP contribution is -2.50. The molecule has 4 aliphatic carbocycles. The minimum Gasteiger partial charge on any atom is -0.462 e. The van der Waals surface area contributed by atoms with Crippen molar-refractivity contribution in [2.24, 2.45) is 63.9 Å². The molecule has 304 valence electrons. The Morgan fingerprint density at radius 3 is 1.96 bits per heavy atom. The maximum atomic E-state index is 12.6. The number of carbonyl (C=O) groups excluding carboxylic acids is 2. The van der Waals surface area contributed by atoms with Crippen LogP contribution in [0, 0.1) is 58.2 Å². The van der Waals surface area contributed by atoms with Crippen LogP contribution in [-0.4, -0.2) is 38.0 Å². The maximum absolute atomic E-state index is 12.6. The number of nitrogens with one attached hydrogen (secondary N) is 1. The van der Waals surface area contributed by atoms with Gasteiger partial charge in [-0.2, -0.15) is 0 Å². The molecule has 3 fully saturated rings. The van der Waals surface area contributed by atoms with Crippen molar-refractivity contribution in [3.63, 3.8) is 0 Å². The molecule has 0 bridgehead atoms. The molecule has 3 N–H and O–H groups in total. The molecule has 9 unspecified atom stereocenters. The van der Waals surface area contributed by atoms with Crippen molar-refractivity contribution < 1.29 is 14.3 Å². The zero-order valence-electron chi connectivity index (χ0n) is 37.4. The van der Waals surface area contributed by atoms with Crippen LogP contribution in [0.25, 0.3) is 0 Å². The predicted octanol–water partition coefficient (Wildman–Crippen LogP) is 12.5. The molecular formula is C46H92N2O3. The summed E-state index contributed by atoms with van der Waals surface area (Å²) in [6.45, 7) is 35.2. The van der Waals surface area contributed by atoms with Crippen molar-refractivity contribution in [2.75, 3.05) is 13.6 Å². The average molecular weight is 721 g/mol. The van der Waals surface area contributed by atoms with E-state index in [0.717, 1.165) is 55.3 Å². The summed E-state index contributed by atoms with van der Waals surface area (Å²) in [5, 5.41) is 2.93. The molecule has 51 heavy (non-hydrogen) atoms. The Morgan fingerprint density at radius 2 is 1.49 bits per heavy atom. The second-order valence-corrected chi connectivity index (χ2v) is 16.8. The Morgan fingerprint density at radius 1 is 0.902 bits per heavy atom. The maximum Gasteiger partial charge on any atom is 0.309 e. The molecule has 0 aromatic heterocycles. The number of nitrogens with two attached hydrogens (primary N) is 1. The van der Waals surface area contributed by atoms with Crippen LogP contribution in [0.1, 0.15) is 188 Å². The van der Waals surface area contributed by atoms with Crippen LogP contribution in [0.15, 0.2) is 11.6 Å². The molecule has 4 aliphatic rings. The Kier molecular flexibility index (Phi) is 27.9. The third kappa shape index (κ3) is 15.6. The van der Waals surface area contributed by atoms with Crippen molar-refractivity contribution >= 4 is 12.3 Å². The van der Waals surface area contributed by atoms with Gasteiger partial charge in [-0.05, 0) is 117 Å². The number of hydrogen-bond donors (Lipinski definition) is 2. The fourth-order valence-electron chi connectivity index (χ4n) is 8.96. The highest BCUT2D eigenvalue weighted by molar-refractivity contribution is 5.72. The molecule has 4 rings (SSSR count). The molecular weight excluding hydrogens is 629 g/mol. The van der Waals surface area contributed by atoms with Crippen LogP contribution < -0.4 is 11.1 Å². The number of esters is 1. The molecule has 0 aromatic carbocycles. The Balaban J connectivity index is 0. The SMILES string of the molecule is CC.CC.CC.CC(C)C(N)C=O.CC(C)CCCCC1CCC2C3CC=C4CC(OC(=O)C(C)C(C)C)CCC4(C)C3CCC12C.CCNC. The first-order valence-electron chi connectivity index (χ1n) is 21.9. The van der Waals surface area contributed by atoms with E-state index in [-0.39, 0.29) is 30.0 Å². The van der Waals surface area contributed by atoms with Crippen LogP contribution in [-0.2, 0) is 14.3 Å². The Bertz CT molecular complexity index is 927. The summed E-state index contributed by atoms with van der Waals surface area (Å²) in [6, 6.07) is -0.278. The Labute approximate surface area is 320 Å². The Hall–Kier alpha value is -1.20. The fraction of sp³-hybridized carbons (Fsp3) is 0.913. The minimum atomic E-state index is -0.278. The van der Waals surface area contributed by atoms with Crippen molar-refractivity contribution in [3.05, 3.63) is 11.6 Å². The highest BCUT2D eigenvalue weighted by Gasteiger charge is 2.58. The van der Waals surface area contributed by atoms with Gasteiger partial charge in [0.2, 0.25) is 0 Å². The number of unbranched alkanes of at least 4 members (excludes halogenated alkanes) is 1. The van der Waals surface area contributed by atoms with Gasteiger partial charge in [-0.25, -0.2) is 0 Å². The van der Waals surface area contributed by atoms with Gasteiger partial charge in [0.05, 0.1) is 12.0 Å². The fourth-order valence-corrected chi connectivity index (χ4v) is 8.96. The van der Waals surface area contributed by atoms with Crippen LogP contribution in [0.2, 0.25) is 0 Å². The standard InChI is InChI=1S/C32H54O2.C5H11NO.C3H9N.3C2H6/c1-21(2)10-8-9-11-24-13-15-28-27-14-12-25-20-26(34-30(33)23(5)22(3)4)16-18-32(25,7)29(27)17-19-31(24,28)6;1-4(2)5(6)3-7;1-3-4-2;3*1-2/h12,21-24,26-29H,8-11,13-20H2,1-7H3;3-5H,6H2,1-2H3;4H,3H2,1-2H3;3*1-2H3. The van der Waals surface area contributed by atoms with Gasteiger partial charge in [0.15, 0.2) is 0 Å². The first-order valence-corrected chi connectivity index (χ1v) is 21.9. The number of ether oxygens (including phenoxy) is 1. The molecule has 0 saturated heterocycles. The van der Waals surface area contributed by atoms with Crippen LogP contribution in [0.4, 0.5) is 0 Å². The van der Waals surface area contributed by atoms with Gasteiger partial charge >= 0.3 is 5.97 Å². The first kappa shape index (κ1) is 51.9. The van der Waals surface area contributed by atoms with Crippen molar-refractivity contribution in [2.45, 2.75) is 200 Å². The van der Waals surface area contributed by atoms with E-state index in [2.05, 4.69) is 59.9 Å². The molecule has 0 aromatic rings. The molecule has 5 nitrogen and oxygen atoms in total. The quantitative estimate of drug-likeness (QED) is 0.0961. The summed E-state index contributed by atoms with van der Waals surface area (Å²) in [6.07, 6.45) is 19.5. The van der Waals surface area contributed by atoms with E-state index in [0.29, 0.717) is 16.7 Å². The zero-order valence-corrected chi connectivity index (χ0v) is 37.4. The first-order chi connectivity index (χ1) is 24.2. The highest BCUT2D eigenvalue weighted by Crippen LogP contribution is 2.66. The summed E-state index contributed by atoms with van der Waals surface area (Å²) in [5.41, 5.74) is 7.80. The summed E-state index contributed by atoms with van der Waals surface area (Å²) in [5.74, 6) is 5.09. The molecule has 0 aliphatic heterocycles. The van der Waals surface area contributed by atoms with E-state index in [1.165, 1.54) is 64.2 Å². The summed E-state index contributed by atoms with van der Waals surface area (Å²) < 4.78 is 6.03. The molecule has 0 radical (unpaired) electrons. The number of aldehydes is 1. The smallest absolute Gasteiger partial charge is 0.309 e. The van der Waals surface area contributed by atoms with Crippen molar-refractivity contribution in [1.29, 1.82) is 0 Å². The minimum absolute atomic E-state index is 0.00488. The molecule has 0 heterocycles. The second-order valence-electron chi connectivity index (χ2n) is 16.8. The zero-order chi connectivity index (χ0) is 39.9. The molecule has 0 amide bonds. The van der Waals surface area contributed by atoms with Crippen LogP contribution >= 0.6 is 0 Å². The number of hydrogen-bond acceptors (Lipinski definition) is 5. The third-order valence-corrected chi connectivity index (χ3v) is 12.8. The van der Waals surface area contributed by atoms with Gasteiger partial charge in [0.1, 0.15) is 12.4 Å². The van der Waals surface area contributed by atoms with Crippen molar-refractivity contribution in [3.8, 4) is 0 Å². The van der Waals surface area contributed by atoms with Gasteiger partial charge in [0.25, 0.3) is 0 Å². The van der Waals surface area contributed by atoms with E-state index >= 15 is 0 Å². The molecule has 3 saturated carbocycles. The molecule has 9 atom stereocenters. The summed E-state index contributed by atoms with van der Waals surface area (Å²) in [4.78, 5) is 22.4. The monoisotopic (exact) mass is 721 g/mol. The third-order valence-electron chi connectivity index (χ3n) is 12.8. The molecule has 0 spiro atoms. The number of fused-ring (bicyclic) bond motifs is 5. The average Bonchev–Trinajstić information content (AvgIpc) is 3.48. The van der Waals surface area contributed by atoms with Crippen LogP contribution in [0.3, 0.4) is 0 Å². The number of allylic oxidation sites excluding steroid dienone is 1. The van der Waals surface area contributed by atoms with Gasteiger partial charge < -0.3 is 20.6 Å². The van der Waals surface area contributed by atoms with Crippen LogP contribution in [0.5, 0.6) is 0 Å². The van der Waals surface area contributed by atoms with E-state index in [1.54, 1.807) is 5.57 Å². The van der Waals surface area contributed by atoms with Gasteiger partial charge in [-0.15, -0.1) is 0 Å². The lowest BCUT2D eigenvalue weighted by Gasteiger charge is -2.58. The normalized spacial score (nSPS) is 29.8. The van der Waals surface area contributed by atoms with E-state index in [1.807, 2.05) is 69.4 Å². The number of carbonyl (C=O) groups is 2. The largest absolute Gasteiger partial charge is 0.462 e. The van der Waals surface area contributed by atoms with Crippen molar-refractivity contribution in [1.82, 2.24) is 5.32 Å². The summed E-state index contributed by atoms with van der Waals surface area (Å²) in [7, 11) is 1.93. The van der Waals surface area contributed by atoms with Gasteiger partial charge in [0, 0.05) is 6.42 Å². The molecule has 5 heteroatoms. The van der Waals surface area contributed by atoms with E-state index in [9.17, 15) is 9.59 Å². The van der Waals surface area contributed by atoms with E-state index < -0.39 is 0 Å². The predicted molar refractivity (Wildman–Crippen MR) is 225 cm³/mol. The highest BCUT2D eigenvalue weighted by atomic mass is 16.5. The van der Waals surface area contributed by atoms with Gasteiger partial charge in [-0.1, -0.05) is 142 Å². The topological polar surface area (TPSA) is 81.4 Å². The van der Waals surface area contributed by atoms with Gasteiger partial charge in [-0.3, -0.25) is 4.79 Å². The second kappa shape index (κ2) is 27.4. The number of rotatable bonds is 11.